The van der Waals surface area contributed by atoms with Gasteiger partial charge in [-0.3, -0.25) is 19.2 Å². The molecule has 10 nitrogen and oxygen atoms in total. The van der Waals surface area contributed by atoms with Gasteiger partial charge in [-0.1, -0.05) is 54.6 Å². The minimum absolute atomic E-state index is 0.334. The number of hydrogen-bond donors (Lipinski definition) is 4. The molecule has 10 heteroatoms. The Hall–Kier alpha value is -5.48. The molecule has 0 aliphatic rings. The normalized spacial score (nSPS) is 12.3. The Morgan fingerprint density at radius 3 is 1.74 bits per heavy atom. The largest absolute Gasteiger partial charge is 0.324 e. The van der Waals surface area contributed by atoms with Crippen LogP contribution >= 0.6 is 0 Å². The van der Waals surface area contributed by atoms with Gasteiger partial charge in [-0.15, -0.1) is 0 Å². The average molecular weight is 577 g/mol. The van der Waals surface area contributed by atoms with Gasteiger partial charge in [-0.05, 0) is 86.0 Å². The van der Waals surface area contributed by atoms with E-state index in [-0.39, 0.29) is 5.78 Å². The van der Waals surface area contributed by atoms with Crippen molar-refractivity contribution in [2.75, 3.05) is 16.1 Å². The van der Waals surface area contributed by atoms with Crippen molar-refractivity contribution >= 4 is 46.1 Å². The van der Waals surface area contributed by atoms with Gasteiger partial charge in [0.1, 0.15) is 0 Å². The third-order valence-corrected chi connectivity index (χ3v) is 6.45. The van der Waals surface area contributed by atoms with E-state index in [9.17, 15) is 19.2 Å². The van der Waals surface area contributed by atoms with Gasteiger partial charge >= 0.3 is 0 Å². The Balaban J connectivity index is 1.38. The van der Waals surface area contributed by atoms with E-state index in [2.05, 4.69) is 31.7 Å². The number of amides is 2. The smallest absolute Gasteiger partial charge is 0.258 e. The van der Waals surface area contributed by atoms with Gasteiger partial charge in [0.25, 0.3) is 11.8 Å². The molecule has 43 heavy (non-hydrogen) atoms. The fraction of sp³-hybridized carbons (Fsp3) is 0.152. The third-order valence-electron chi connectivity index (χ3n) is 6.45. The molecule has 2 amide bonds. The molecule has 0 aliphatic carbocycles. The highest BCUT2D eigenvalue weighted by atomic mass is 16.2. The van der Waals surface area contributed by atoms with E-state index in [0.29, 0.717) is 22.7 Å². The lowest BCUT2D eigenvalue weighted by molar-refractivity contribution is -0.128. The molecule has 4 rings (SSSR count). The standard InChI is InChI=1S/C33H32N6O4/c1-21-20-25(16-19-29(21)37-39-31(23(3)41)33(43)35-27-12-8-5-9-13-27)24-14-17-28(18-15-24)36-38-30(22(2)40)32(42)34-26-10-6-4-7-11-26/h4-20,30-31,37,39H,1-3H3,(H,34,42)(H,35,43)/b38-36+. The van der Waals surface area contributed by atoms with Crippen LogP contribution in [0.1, 0.15) is 19.4 Å². The summed E-state index contributed by atoms with van der Waals surface area (Å²) in [7, 11) is 0. The van der Waals surface area contributed by atoms with Crippen LogP contribution in [0, 0.1) is 6.92 Å². The number of anilines is 3. The van der Waals surface area contributed by atoms with Crippen LogP contribution in [0.2, 0.25) is 0 Å². The zero-order valence-electron chi connectivity index (χ0n) is 24.0. The topological polar surface area (TPSA) is 141 Å². The highest BCUT2D eigenvalue weighted by Crippen LogP contribution is 2.27. The van der Waals surface area contributed by atoms with E-state index in [1.165, 1.54) is 13.8 Å². The van der Waals surface area contributed by atoms with Gasteiger partial charge in [0.15, 0.2) is 17.6 Å². The summed E-state index contributed by atoms with van der Waals surface area (Å²) in [5.41, 5.74) is 10.9. The molecule has 0 fully saturated rings. The number of carbonyl (C=O) groups excluding carboxylic acids is 4. The third kappa shape index (κ3) is 8.51. The molecular weight excluding hydrogens is 544 g/mol. The number of ketones is 2. The van der Waals surface area contributed by atoms with E-state index in [1.807, 2.05) is 49.4 Å². The first-order valence-corrected chi connectivity index (χ1v) is 13.6. The lowest BCUT2D eigenvalue weighted by Gasteiger charge is -2.19. The summed E-state index contributed by atoms with van der Waals surface area (Å²) in [6, 6.07) is 28.3. The fourth-order valence-electron chi connectivity index (χ4n) is 4.12. The molecule has 0 radical (unpaired) electrons. The second-order valence-corrected chi connectivity index (χ2v) is 9.83. The Morgan fingerprint density at radius 1 is 0.651 bits per heavy atom. The van der Waals surface area contributed by atoms with Crippen molar-refractivity contribution in [2.45, 2.75) is 32.9 Å². The van der Waals surface area contributed by atoms with Gasteiger partial charge in [0.2, 0.25) is 6.04 Å². The second-order valence-electron chi connectivity index (χ2n) is 9.83. The maximum absolute atomic E-state index is 12.7. The molecule has 0 aliphatic heterocycles. The molecule has 0 saturated carbocycles. The van der Waals surface area contributed by atoms with E-state index in [0.717, 1.165) is 16.7 Å². The Morgan fingerprint density at radius 2 is 1.21 bits per heavy atom. The maximum atomic E-state index is 12.7. The van der Waals surface area contributed by atoms with Crippen LogP contribution in [0.5, 0.6) is 0 Å². The molecule has 0 bridgehead atoms. The van der Waals surface area contributed by atoms with E-state index >= 15 is 0 Å². The number of carbonyl (C=O) groups is 4. The number of hydrazine groups is 1. The minimum atomic E-state index is -1.26. The number of para-hydroxylation sites is 2. The molecule has 218 valence electrons. The fourth-order valence-corrected chi connectivity index (χ4v) is 4.12. The zero-order valence-corrected chi connectivity index (χ0v) is 24.0. The first kappa shape index (κ1) is 30.5. The van der Waals surface area contributed by atoms with Crippen LogP contribution in [0.4, 0.5) is 22.7 Å². The lowest BCUT2D eigenvalue weighted by atomic mass is 10.0. The van der Waals surface area contributed by atoms with Crippen molar-refractivity contribution in [1.29, 1.82) is 0 Å². The first-order chi connectivity index (χ1) is 20.7. The van der Waals surface area contributed by atoms with Crippen molar-refractivity contribution in [3.63, 3.8) is 0 Å². The maximum Gasteiger partial charge on any atom is 0.258 e. The van der Waals surface area contributed by atoms with Gasteiger partial charge in [-0.2, -0.15) is 10.2 Å². The van der Waals surface area contributed by atoms with Crippen molar-refractivity contribution in [3.05, 3.63) is 109 Å². The number of azo groups is 1. The Bertz CT molecular complexity index is 1620. The van der Waals surface area contributed by atoms with Crippen LogP contribution < -0.4 is 21.5 Å². The molecule has 4 aromatic carbocycles. The predicted molar refractivity (Wildman–Crippen MR) is 167 cm³/mol. The number of rotatable bonds is 12. The van der Waals surface area contributed by atoms with Crippen molar-refractivity contribution in [1.82, 2.24) is 5.43 Å². The van der Waals surface area contributed by atoms with Crippen LogP contribution in [0.15, 0.2) is 113 Å². The average Bonchev–Trinajstić information content (AvgIpc) is 2.99. The number of hydrogen-bond acceptors (Lipinski definition) is 8. The van der Waals surface area contributed by atoms with Crippen LogP contribution in [-0.2, 0) is 19.2 Å². The molecule has 4 aromatic rings. The number of benzene rings is 4. The van der Waals surface area contributed by atoms with Crippen molar-refractivity contribution < 1.29 is 19.2 Å². The monoisotopic (exact) mass is 576 g/mol. The second kappa shape index (κ2) is 14.4. The van der Waals surface area contributed by atoms with Crippen LogP contribution in [0.25, 0.3) is 11.1 Å². The molecular formula is C33H32N6O4. The number of nitrogens with one attached hydrogen (secondary N) is 4. The van der Waals surface area contributed by atoms with E-state index in [1.54, 1.807) is 60.7 Å². The van der Waals surface area contributed by atoms with E-state index < -0.39 is 29.7 Å². The number of aryl methyl sites for hydroxylation is 1. The predicted octanol–water partition coefficient (Wildman–Crippen LogP) is 5.85. The highest BCUT2D eigenvalue weighted by molar-refractivity contribution is 6.10. The number of nitrogens with zero attached hydrogens (tertiary/aromatic N) is 2. The molecule has 0 spiro atoms. The van der Waals surface area contributed by atoms with Crippen molar-refractivity contribution in [2.24, 2.45) is 10.2 Å². The highest BCUT2D eigenvalue weighted by Gasteiger charge is 2.24. The summed E-state index contributed by atoms with van der Waals surface area (Å²) in [4.78, 5) is 49.5. The quantitative estimate of drug-likeness (QED) is 0.0947. The molecule has 2 unspecified atom stereocenters. The molecule has 2 atom stereocenters. The lowest BCUT2D eigenvalue weighted by Crippen LogP contribution is -2.48. The van der Waals surface area contributed by atoms with Gasteiger partial charge in [0, 0.05) is 11.4 Å². The summed E-state index contributed by atoms with van der Waals surface area (Å²) >= 11 is 0. The summed E-state index contributed by atoms with van der Waals surface area (Å²) in [6.45, 7) is 4.56. The van der Waals surface area contributed by atoms with Crippen molar-refractivity contribution in [3.8, 4) is 11.1 Å². The summed E-state index contributed by atoms with van der Waals surface area (Å²) in [5, 5.41) is 13.5. The summed E-state index contributed by atoms with van der Waals surface area (Å²) in [5.74, 6) is -1.77. The zero-order chi connectivity index (χ0) is 30.8. The van der Waals surface area contributed by atoms with Gasteiger partial charge in [-0.25, -0.2) is 5.43 Å². The molecule has 0 heterocycles. The first-order valence-electron chi connectivity index (χ1n) is 13.6. The minimum Gasteiger partial charge on any atom is -0.324 e. The van der Waals surface area contributed by atoms with Crippen LogP contribution in [-0.4, -0.2) is 35.5 Å². The Kier molecular flexibility index (Phi) is 10.2. The summed E-state index contributed by atoms with van der Waals surface area (Å²) in [6.07, 6.45) is 0. The Labute approximate surface area is 249 Å². The van der Waals surface area contributed by atoms with E-state index in [4.69, 9.17) is 0 Å². The number of Topliss-reactive ketones (excluding diaryl/α,β-unsaturated/α-hetero) is 2. The SMILES string of the molecule is CC(=O)C(/N=N/c1ccc(-c2ccc(NNC(C(C)=O)C(=O)Nc3ccccc3)c(C)c2)cc1)C(=O)Nc1ccccc1. The van der Waals surface area contributed by atoms with Gasteiger partial charge in [0.05, 0.1) is 11.4 Å². The molecule has 4 N–H and O–H groups in total. The molecule has 0 saturated heterocycles. The summed E-state index contributed by atoms with van der Waals surface area (Å²) < 4.78 is 0. The van der Waals surface area contributed by atoms with Gasteiger partial charge < -0.3 is 16.1 Å². The van der Waals surface area contributed by atoms with Crippen LogP contribution in [0.3, 0.4) is 0 Å². The molecule has 0 aromatic heterocycles.